The molecule has 100 valence electrons. The Kier molecular flexibility index (Phi) is 3.00. The zero-order valence-electron chi connectivity index (χ0n) is 10.6. The number of benzene rings is 1. The van der Waals surface area contributed by atoms with E-state index in [9.17, 15) is 4.79 Å². The van der Waals surface area contributed by atoms with Gasteiger partial charge in [0.05, 0.1) is 12.0 Å². The molecule has 0 bridgehead atoms. The van der Waals surface area contributed by atoms with Crippen molar-refractivity contribution < 1.29 is 9.21 Å². The minimum atomic E-state index is -0.299. The van der Waals surface area contributed by atoms with E-state index in [1.165, 1.54) is 17.3 Å². The summed E-state index contributed by atoms with van der Waals surface area (Å²) in [7, 11) is 0. The first-order chi connectivity index (χ1) is 9.75. The molecule has 2 heterocycles. The van der Waals surface area contributed by atoms with E-state index in [1.807, 2.05) is 25.1 Å². The molecule has 0 atom stereocenters. The average Bonchev–Trinajstić information content (AvgIpc) is 3.14. The number of furan rings is 1. The molecule has 20 heavy (non-hydrogen) atoms. The predicted octanol–water partition coefficient (Wildman–Crippen LogP) is 1.82. The molecular weight excluding hydrogens is 258 g/mol. The van der Waals surface area contributed by atoms with Gasteiger partial charge in [-0.1, -0.05) is 6.07 Å². The highest BCUT2D eigenvalue weighted by Gasteiger charge is 2.12. The Morgan fingerprint density at radius 1 is 1.30 bits per heavy atom. The number of hydrogen-bond donors (Lipinski definition) is 1. The van der Waals surface area contributed by atoms with Crippen molar-refractivity contribution in [1.29, 1.82) is 0 Å². The lowest BCUT2D eigenvalue weighted by molar-refractivity contribution is 0.0996. The molecule has 1 N–H and O–H groups in total. The molecule has 0 unspecified atom stereocenters. The summed E-state index contributed by atoms with van der Waals surface area (Å²) in [6.45, 7) is 1.88. The number of tetrazole rings is 1. The first-order valence-electron chi connectivity index (χ1n) is 5.93. The highest BCUT2D eigenvalue weighted by atomic mass is 16.3. The average molecular weight is 269 g/mol. The van der Waals surface area contributed by atoms with Crippen LogP contribution in [0.5, 0.6) is 0 Å². The van der Waals surface area contributed by atoms with E-state index < -0.39 is 0 Å². The van der Waals surface area contributed by atoms with Gasteiger partial charge in [-0.2, -0.15) is 0 Å². The van der Waals surface area contributed by atoms with Crippen molar-refractivity contribution in [2.45, 2.75) is 6.92 Å². The van der Waals surface area contributed by atoms with Gasteiger partial charge in [0.25, 0.3) is 5.91 Å². The molecule has 0 aliphatic carbocycles. The summed E-state index contributed by atoms with van der Waals surface area (Å²) in [5.41, 5.74) is 2.34. The molecule has 0 fully saturated rings. The number of rotatable bonds is 3. The topological polar surface area (TPSA) is 85.8 Å². The standard InChI is InChI=1S/C13H11N5O2/c1-9-10(15-13(19)12-6-3-7-20-12)4-2-5-11(9)18-8-14-16-17-18/h2-8H,1H3,(H,15,19). The molecule has 7 nitrogen and oxygen atoms in total. The van der Waals surface area contributed by atoms with Crippen molar-refractivity contribution in [1.82, 2.24) is 20.2 Å². The Balaban J connectivity index is 1.91. The molecule has 0 saturated heterocycles. The van der Waals surface area contributed by atoms with Crippen LogP contribution in [0.4, 0.5) is 5.69 Å². The third kappa shape index (κ3) is 2.16. The number of amides is 1. The zero-order chi connectivity index (χ0) is 13.9. The monoisotopic (exact) mass is 269 g/mol. The third-order valence-corrected chi connectivity index (χ3v) is 2.89. The van der Waals surface area contributed by atoms with Crippen molar-refractivity contribution in [3.05, 3.63) is 54.2 Å². The van der Waals surface area contributed by atoms with Gasteiger partial charge in [0.2, 0.25) is 0 Å². The molecule has 3 aromatic rings. The quantitative estimate of drug-likeness (QED) is 0.783. The number of carbonyl (C=O) groups is 1. The molecule has 1 amide bonds. The largest absolute Gasteiger partial charge is 0.459 e. The van der Waals surface area contributed by atoms with E-state index in [2.05, 4.69) is 20.8 Å². The summed E-state index contributed by atoms with van der Waals surface area (Å²) in [6, 6.07) is 8.77. The molecular formula is C13H11N5O2. The summed E-state index contributed by atoms with van der Waals surface area (Å²) in [5.74, 6) is -0.0378. The molecule has 0 aliphatic rings. The van der Waals surface area contributed by atoms with Gasteiger partial charge in [-0.25, -0.2) is 4.68 Å². The number of nitrogens with one attached hydrogen (secondary N) is 1. The van der Waals surface area contributed by atoms with Gasteiger partial charge in [0.1, 0.15) is 6.33 Å². The smallest absolute Gasteiger partial charge is 0.291 e. The van der Waals surface area contributed by atoms with Gasteiger partial charge in [0.15, 0.2) is 5.76 Å². The van der Waals surface area contributed by atoms with E-state index >= 15 is 0 Å². The molecule has 0 aliphatic heterocycles. The van der Waals surface area contributed by atoms with Crippen LogP contribution in [-0.2, 0) is 0 Å². The molecule has 0 spiro atoms. The van der Waals surface area contributed by atoms with Crippen LogP contribution in [0.1, 0.15) is 16.1 Å². The lowest BCUT2D eigenvalue weighted by Crippen LogP contribution is -2.12. The van der Waals surface area contributed by atoms with Crippen molar-refractivity contribution in [3.8, 4) is 5.69 Å². The molecule has 0 radical (unpaired) electrons. The lowest BCUT2D eigenvalue weighted by atomic mass is 10.1. The summed E-state index contributed by atoms with van der Waals surface area (Å²) < 4.78 is 6.60. The second-order valence-electron chi connectivity index (χ2n) is 4.14. The fraction of sp³-hybridized carbons (Fsp3) is 0.0769. The van der Waals surface area contributed by atoms with E-state index in [-0.39, 0.29) is 11.7 Å². The van der Waals surface area contributed by atoms with E-state index in [0.29, 0.717) is 5.69 Å². The van der Waals surface area contributed by atoms with E-state index in [1.54, 1.807) is 12.1 Å². The maximum Gasteiger partial charge on any atom is 0.291 e. The third-order valence-electron chi connectivity index (χ3n) is 2.89. The second kappa shape index (κ2) is 4.96. The van der Waals surface area contributed by atoms with Crippen LogP contribution >= 0.6 is 0 Å². The van der Waals surface area contributed by atoms with Crippen LogP contribution in [0.3, 0.4) is 0 Å². The van der Waals surface area contributed by atoms with Crippen molar-refractivity contribution in [3.63, 3.8) is 0 Å². The number of carbonyl (C=O) groups excluding carboxylic acids is 1. The van der Waals surface area contributed by atoms with Crippen LogP contribution in [-0.4, -0.2) is 26.1 Å². The van der Waals surface area contributed by atoms with Crippen molar-refractivity contribution in [2.75, 3.05) is 5.32 Å². The fourth-order valence-corrected chi connectivity index (χ4v) is 1.87. The molecule has 1 aromatic carbocycles. The van der Waals surface area contributed by atoms with Crippen LogP contribution in [0, 0.1) is 6.92 Å². The first kappa shape index (κ1) is 12.1. The van der Waals surface area contributed by atoms with E-state index in [4.69, 9.17) is 4.42 Å². The number of aromatic nitrogens is 4. The first-order valence-corrected chi connectivity index (χ1v) is 5.93. The summed E-state index contributed by atoms with van der Waals surface area (Å²) >= 11 is 0. The number of anilines is 1. The van der Waals surface area contributed by atoms with Gasteiger partial charge >= 0.3 is 0 Å². The van der Waals surface area contributed by atoms with Gasteiger partial charge in [0, 0.05) is 5.69 Å². The highest BCUT2D eigenvalue weighted by molar-refractivity contribution is 6.02. The van der Waals surface area contributed by atoms with Crippen LogP contribution in [0.15, 0.2) is 47.3 Å². The van der Waals surface area contributed by atoms with Crippen LogP contribution in [0.25, 0.3) is 5.69 Å². The SMILES string of the molecule is Cc1c(NC(=O)c2ccco2)cccc1-n1cnnn1. The number of hydrogen-bond acceptors (Lipinski definition) is 5. The minimum absolute atomic E-state index is 0.261. The van der Waals surface area contributed by atoms with Gasteiger partial charge in [-0.3, -0.25) is 4.79 Å². The minimum Gasteiger partial charge on any atom is -0.459 e. The Hall–Kier alpha value is -2.96. The summed E-state index contributed by atoms with van der Waals surface area (Å²) in [5, 5.41) is 13.8. The molecule has 3 rings (SSSR count). The van der Waals surface area contributed by atoms with Crippen LogP contribution < -0.4 is 5.32 Å². The highest BCUT2D eigenvalue weighted by Crippen LogP contribution is 2.22. The maximum absolute atomic E-state index is 12.0. The second-order valence-corrected chi connectivity index (χ2v) is 4.14. The fourth-order valence-electron chi connectivity index (χ4n) is 1.87. The molecule has 2 aromatic heterocycles. The Morgan fingerprint density at radius 3 is 2.90 bits per heavy atom. The predicted molar refractivity (Wildman–Crippen MR) is 70.6 cm³/mol. The summed E-state index contributed by atoms with van der Waals surface area (Å²) in [4.78, 5) is 12.0. The normalized spacial score (nSPS) is 10.4. The Morgan fingerprint density at radius 2 is 2.20 bits per heavy atom. The number of nitrogens with zero attached hydrogens (tertiary/aromatic N) is 4. The van der Waals surface area contributed by atoms with Gasteiger partial charge in [-0.15, -0.1) is 5.10 Å². The Bertz CT molecular complexity index is 719. The van der Waals surface area contributed by atoms with Crippen molar-refractivity contribution >= 4 is 11.6 Å². The Labute approximate surface area is 114 Å². The maximum atomic E-state index is 12.0. The van der Waals surface area contributed by atoms with Gasteiger partial charge < -0.3 is 9.73 Å². The van der Waals surface area contributed by atoms with Gasteiger partial charge in [-0.05, 0) is 47.2 Å². The zero-order valence-corrected chi connectivity index (χ0v) is 10.6. The van der Waals surface area contributed by atoms with E-state index in [0.717, 1.165) is 11.3 Å². The molecule has 7 heteroatoms. The van der Waals surface area contributed by atoms with Crippen LogP contribution in [0.2, 0.25) is 0 Å². The summed E-state index contributed by atoms with van der Waals surface area (Å²) in [6.07, 6.45) is 2.96. The van der Waals surface area contributed by atoms with Crippen molar-refractivity contribution in [2.24, 2.45) is 0 Å². The lowest BCUT2D eigenvalue weighted by Gasteiger charge is -2.10. The molecule has 0 saturated carbocycles.